The molecule has 0 N–H and O–H groups in total. The highest BCUT2D eigenvalue weighted by Gasteiger charge is 2.35. The Morgan fingerprint density at radius 3 is 2.80 bits per heavy atom. The van der Waals surface area contributed by atoms with Gasteiger partial charge in [0.25, 0.3) is 11.7 Å². The van der Waals surface area contributed by atoms with Crippen LogP contribution in [-0.2, 0) is 11.2 Å². The van der Waals surface area contributed by atoms with Crippen molar-refractivity contribution in [2.45, 2.75) is 6.42 Å². The van der Waals surface area contributed by atoms with Crippen LogP contribution in [0, 0.1) is 5.82 Å². The third kappa shape index (κ3) is 2.07. The number of fused-ring (bicyclic) bond motifs is 1. The summed E-state index contributed by atoms with van der Waals surface area (Å²) in [5, 5.41) is 0. The Labute approximate surface area is 114 Å². The molecule has 1 aromatic carbocycles. The minimum atomic E-state index is -0.602. The van der Waals surface area contributed by atoms with E-state index in [2.05, 4.69) is 4.98 Å². The average molecular weight is 270 g/mol. The number of halogens is 1. The highest BCUT2D eigenvalue weighted by atomic mass is 19.1. The number of rotatable bonds is 3. The molecule has 1 aliphatic heterocycles. The highest BCUT2D eigenvalue weighted by molar-refractivity contribution is 6.52. The van der Waals surface area contributed by atoms with Gasteiger partial charge in [-0.05, 0) is 36.2 Å². The number of hydrogen-bond acceptors (Lipinski definition) is 3. The molecular formula is C15H11FN2O2. The van der Waals surface area contributed by atoms with E-state index in [1.807, 2.05) is 6.07 Å². The summed E-state index contributed by atoms with van der Waals surface area (Å²) in [5.74, 6) is -1.64. The van der Waals surface area contributed by atoms with Crippen LogP contribution in [0.2, 0.25) is 0 Å². The van der Waals surface area contributed by atoms with Gasteiger partial charge in [0, 0.05) is 18.9 Å². The van der Waals surface area contributed by atoms with Crippen LogP contribution in [0.1, 0.15) is 15.9 Å². The number of pyridine rings is 1. The molecule has 100 valence electrons. The van der Waals surface area contributed by atoms with Crippen molar-refractivity contribution in [3.05, 3.63) is 59.7 Å². The van der Waals surface area contributed by atoms with Crippen molar-refractivity contribution < 1.29 is 14.0 Å². The minimum Gasteiger partial charge on any atom is -0.304 e. The summed E-state index contributed by atoms with van der Waals surface area (Å²) in [7, 11) is 0. The molecule has 1 aliphatic rings. The number of anilines is 1. The molecule has 0 aliphatic carbocycles. The second-order valence-corrected chi connectivity index (χ2v) is 4.56. The number of ketones is 1. The number of aromatic nitrogens is 1. The molecule has 4 nitrogen and oxygen atoms in total. The van der Waals surface area contributed by atoms with Gasteiger partial charge in [0.15, 0.2) is 0 Å². The van der Waals surface area contributed by atoms with Crippen molar-refractivity contribution in [3.8, 4) is 0 Å². The van der Waals surface area contributed by atoms with E-state index in [-0.39, 0.29) is 5.56 Å². The molecule has 0 unspecified atom stereocenters. The maximum Gasteiger partial charge on any atom is 0.299 e. The number of carbonyl (C=O) groups is 2. The summed E-state index contributed by atoms with van der Waals surface area (Å²) < 4.78 is 13.3. The summed E-state index contributed by atoms with van der Waals surface area (Å²) in [6.07, 6.45) is 3.93. The Bertz CT molecular complexity index is 686. The normalized spacial score (nSPS) is 13.8. The zero-order valence-electron chi connectivity index (χ0n) is 10.5. The molecule has 20 heavy (non-hydrogen) atoms. The van der Waals surface area contributed by atoms with E-state index >= 15 is 0 Å². The van der Waals surface area contributed by atoms with Gasteiger partial charge in [0.05, 0.1) is 11.3 Å². The highest BCUT2D eigenvalue weighted by Crippen LogP contribution is 2.29. The van der Waals surface area contributed by atoms with Gasteiger partial charge in [0.2, 0.25) is 0 Å². The quantitative estimate of drug-likeness (QED) is 0.801. The van der Waals surface area contributed by atoms with Gasteiger partial charge in [-0.15, -0.1) is 0 Å². The van der Waals surface area contributed by atoms with Crippen LogP contribution in [0.15, 0.2) is 42.7 Å². The fourth-order valence-electron chi connectivity index (χ4n) is 2.28. The second-order valence-electron chi connectivity index (χ2n) is 4.56. The van der Waals surface area contributed by atoms with Crippen LogP contribution in [0.4, 0.5) is 10.1 Å². The molecule has 0 bridgehead atoms. The standard InChI is InChI=1S/C15H11FN2O2/c16-11-3-4-12-13(8-11)18(15(20)14(12)19)7-5-10-2-1-6-17-9-10/h1-4,6,8-9H,5,7H2. The van der Waals surface area contributed by atoms with Gasteiger partial charge >= 0.3 is 0 Å². The first kappa shape index (κ1) is 12.5. The molecule has 0 saturated carbocycles. The monoisotopic (exact) mass is 270 g/mol. The molecule has 2 aromatic rings. The van der Waals surface area contributed by atoms with E-state index in [0.717, 1.165) is 5.56 Å². The van der Waals surface area contributed by atoms with Gasteiger partial charge in [-0.2, -0.15) is 0 Å². The van der Waals surface area contributed by atoms with Gasteiger partial charge in [-0.25, -0.2) is 4.39 Å². The average Bonchev–Trinajstić information content (AvgIpc) is 2.70. The molecule has 0 spiro atoms. The molecule has 3 rings (SSSR count). The van der Waals surface area contributed by atoms with Crippen LogP contribution in [-0.4, -0.2) is 23.2 Å². The number of amides is 1. The van der Waals surface area contributed by atoms with Crippen LogP contribution >= 0.6 is 0 Å². The van der Waals surface area contributed by atoms with Crippen molar-refractivity contribution >= 4 is 17.4 Å². The molecule has 1 amide bonds. The van der Waals surface area contributed by atoms with Crippen molar-refractivity contribution in [1.29, 1.82) is 0 Å². The summed E-state index contributed by atoms with van der Waals surface area (Å²) in [6, 6.07) is 7.47. The van der Waals surface area contributed by atoms with Gasteiger partial charge in [-0.1, -0.05) is 6.07 Å². The van der Waals surface area contributed by atoms with Crippen molar-refractivity contribution in [1.82, 2.24) is 4.98 Å². The third-order valence-corrected chi connectivity index (χ3v) is 3.28. The molecule has 5 heteroatoms. The molecule has 2 heterocycles. The molecular weight excluding hydrogens is 259 g/mol. The number of Topliss-reactive ketones (excluding diaryl/α,β-unsaturated/α-hetero) is 1. The number of nitrogens with zero attached hydrogens (tertiary/aromatic N) is 2. The maximum atomic E-state index is 13.3. The predicted octanol–water partition coefficient (Wildman–Crippen LogP) is 1.99. The summed E-state index contributed by atoms with van der Waals surface area (Å²) in [6.45, 7) is 0.326. The first-order valence-corrected chi connectivity index (χ1v) is 6.21. The van der Waals surface area contributed by atoms with Crippen LogP contribution in [0.25, 0.3) is 0 Å². The van der Waals surface area contributed by atoms with Crippen molar-refractivity contribution in [3.63, 3.8) is 0 Å². The van der Waals surface area contributed by atoms with E-state index in [1.54, 1.807) is 18.5 Å². The molecule has 0 atom stereocenters. The SMILES string of the molecule is O=C1C(=O)N(CCc2cccnc2)c2cc(F)ccc21. The van der Waals surface area contributed by atoms with Crippen LogP contribution < -0.4 is 4.90 Å². The second kappa shape index (κ2) is 4.85. The third-order valence-electron chi connectivity index (χ3n) is 3.28. The van der Waals surface area contributed by atoms with E-state index < -0.39 is 17.5 Å². The van der Waals surface area contributed by atoms with E-state index in [9.17, 15) is 14.0 Å². The van der Waals surface area contributed by atoms with E-state index in [0.29, 0.717) is 18.7 Å². The van der Waals surface area contributed by atoms with Gasteiger partial charge in [0.1, 0.15) is 5.82 Å². The summed E-state index contributed by atoms with van der Waals surface area (Å²) in [5.41, 5.74) is 1.57. The Morgan fingerprint density at radius 1 is 1.20 bits per heavy atom. The minimum absolute atomic E-state index is 0.266. The first-order valence-electron chi connectivity index (χ1n) is 6.21. The topological polar surface area (TPSA) is 50.3 Å². The van der Waals surface area contributed by atoms with Gasteiger partial charge < -0.3 is 4.90 Å². The lowest BCUT2D eigenvalue weighted by Gasteiger charge is -2.16. The van der Waals surface area contributed by atoms with Crippen LogP contribution in [0.5, 0.6) is 0 Å². The number of carbonyl (C=O) groups excluding carboxylic acids is 2. The lowest BCUT2D eigenvalue weighted by Crippen LogP contribution is -2.31. The fraction of sp³-hybridized carbons (Fsp3) is 0.133. The lowest BCUT2D eigenvalue weighted by atomic mass is 10.1. The fourth-order valence-corrected chi connectivity index (χ4v) is 2.28. The smallest absolute Gasteiger partial charge is 0.299 e. The first-order chi connectivity index (χ1) is 9.66. The van der Waals surface area contributed by atoms with Crippen molar-refractivity contribution in [2.24, 2.45) is 0 Å². The predicted molar refractivity (Wildman–Crippen MR) is 71.0 cm³/mol. The zero-order valence-corrected chi connectivity index (χ0v) is 10.5. The molecule has 0 saturated heterocycles. The van der Waals surface area contributed by atoms with E-state index in [4.69, 9.17) is 0 Å². The Hall–Kier alpha value is -2.56. The number of hydrogen-bond donors (Lipinski definition) is 0. The maximum absolute atomic E-state index is 13.3. The molecule has 0 radical (unpaired) electrons. The number of benzene rings is 1. The molecule has 0 fully saturated rings. The summed E-state index contributed by atoms with van der Waals surface area (Å²) >= 11 is 0. The van der Waals surface area contributed by atoms with Crippen LogP contribution in [0.3, 0.4) is 0 Å². The summed E-state index contributed by atoms with van der Waals surface area (Å²) in [4.78, 5) is 29.1. The Kier molecular flexibility index (Phi) is 3.02. The van der Waals surface area contributed by atoms with Gasteiger partial charge in [-0.3, -0.25) is 14.6 Å². The lowest BCUT2D eigenvalue weighted by molar-refractivity contribution is -0.114. The zero-order chi connectivity index (χ0) is 14.1. The molecule has 1 aromatic heterocycles. The largest absolute Gasteiger partial charge is 0.304 e. The van der Waals surface area contributed by atoms with E-state index in [1.165, 1.54) is 23.1 Å². The Balaban J connectivity index is 1.86. The van der Waals surface area contributed by atoms with Crippen molar-refractivity contribution in [2.75, 3.05) is 11.4 Å². The Morgan fingerprint density at radius 2 is 2.05 bits per heavy atom.